The van der Waals surface area contributed by atoms with Crippen LogP contribution in [0.25, 0.3) is 0 Å². The summed E-state index contributed by atoms with van der Waals surface area (Å²) in [6.07, 6.45) is 0. The Morgan fingerprint density at radius 2 is 1.38 bits per heavy atom. The summed E-state index contributed by atoms with van der Waals surface area (Å²) in [5.41, 5.74) is 2.08. The average Bonchev–Trinajstić information content (AvgIpc) is 2.45. The molecule has 0 heterocycles. The van der Waals surface area contributed by atoms with E-state index in [2.05, 4.69) is 12.2 Å². The minimum atomic E-state index is 0.0398. The number of hydrogen-bond acceptors (Lipinski definition) is 1. The molecule has 1 nitrogen and oxygen atoms in total. The maximum Gasteiger partial charge on any atom is 0.0781 e. The molecule has 2 atom stereocenters. The lowest BCUT2D eigenvalue weighted by atomic mass is 10.0. The second kappa shape index (κ2) is 7.21. The van der Waals surface area contributed by atoms with Gasteiger partial charge in [-0.1, -0.05) is 64.6 Å². The van der Waals surface area contributed by atoms with Crippen molar-refractivity contribution in [3.8, 4) is 0 Å². The van der Waals surface area contributed by atoms with E-state index in [1.165, 1.54) is 0 Å². The first-order valence-corrected chi connectivity index (χ1v) is 8.06. The van der Waals surface area contributed by atoms with Gasteiger partial charge in [0.2, 0.25) is 0 Å². The van der Waals surface area contributed by atoms with Crippen LogP contribution in [0.4, 0.5) is 0 Å². The van der Waals surface area contributed by atoms with Gasteiger partial charge < -0.3 is 5.32 Å². The summed E-state index contributed by atoms with van der Waals surface area (Å²) >= 11 is 24.2. The van der Waals surface area contributed by atoms with E-state index in [4.69, 9.17) is 46.4 Å². The van der Waals surface area contributed by atoms with Gasteiger partial charge >= 0.3 is 0 Å². The fourth-order valence-corrected chi connectivity index (χ4v) is 3.02. The molecule has 0 radical (unpaired) electrons. The van der Waals surface area contributed by atoms with Crippen LogP contribution in [0, 0.1) is 0 Å². The Morgan fingerprint density at radius 1 is 0.762 bits per heavy atom. The van der Waals surface area contributed by atoms with E-state index >= 15 is 0 Å². The molecular weight excluding hydrogens is 348 g/mol. The molecule has 1 unspecified atom stereocenters. The van der Waals surface area contributed by atoms with Gasteiger partial charge in [-0.2, -0.15) is 0 Å². The van der Waals surface area contributed by atoms with Gasteiger partial charge in [-0.25, -0.2) is 0 Å². The molecule has 0 fully saturated rings. The van der Waals surface area contributed by atoms with Crippen LogP contribution < -0.4 is 5.32 Å². The monoisotopic (exact) mass is 361 g/mol. The van der Waals surface area contributed by atoms with Crippen molar-refractivity contribution in [1.82, 2.24) is 5.32 Å². The zero-order chi connectivity index (χ0) is 15.6. The average molecular weight is 363 g/mol. The highest BCUT2D eigenvalue weighted by atomic mass is 35.5. The van der Waals surface area contributed by atoms with Crippen LogP contribution in [0.1, 0.15) is 37.1 Å². The van der Waals surface area contributed by atoms with Crippen molar-refractivity contribution in [2.45, 2.75) is 25.9 Å². The minimum Gasteiger partial charge on any atom is -0.304 e. The summed E-state index contributed by atoms with van der Waals surface area (Å²) in [5, 5.41) is 5.57. The Bertz CT molecular complexity index is 625. The molecule has 0 saturated carbocycles. The van der Waals surface area contributed by atoms with Crippen LogP contribution in [-0.4, -0.2) is 0 Å². The summed E-state index contributed by atoms with van der Waals surface area (Å²) in [5.74, 6) is 0. The molecule has 2 rings (SSSR count). The highest BCUT2D eigenvalue weighted by Crippen LogP contribution is 2.36. The molecule has 2 aromatic carbocycles. The standard InChI is InChI=1S/C16H15Cl4N/c1-9(11-3-5-12(17)6-4-11)21-10(2)13-7-8-14(18)16(20)15(13)19/h3-10,21H,1-2H3/t9-,10?/m0/s1. The second-order valence-corrected chi connectivity index (χ2v) is 6.53. The lowest BCUT2D eigenvalue weighted by molar-refractivity contribution is 0.495. The van der Waals surface area contributed by atoms with Crippen molar-refractivity contribution < 1.29 is 0 Å². The van der Waals surface area contributed by atoms with Crippen LogP contribution in [0.3, 0.4) is 0 Å². The molecule has 1 N–H and O–H groups in total. The van der Waals surface area contributed by atoms with E-state index in [0.29, 0.717) is 15.1 Å². The van der Waals surface area contributed by atoms with Crippen molar-refractivity contribution in [1.29, 1.82) is 0 Å². The lowest BCUT2D eigenvalue weighted by Crippen LogP contribution is -2.22. The number of hydrogen-bond donors (Lipinski definition) is 1. The third kappa shape index (κ3) is 4.06. The van der Waals surface area contributed by atoms with Gasteiger partial charge in [0.15, 0.2) is 0 Å². The van der Waals surface area contributed by atoms with Gasteiger partial charge in [0.1, 0.15) is 0 Å². The Balaban J connectivity index is 2.16. The molecule has 21 heavy (non-hydrogen) atoms. The highest BCUT2D eigenvalue weighted by molar-refractivity contribution is 6.48. The predicted octanol–water partition coefficient (Wildman–Crippen LogP) is 6.71. The molecule has 0 aliphatic heterocycles. The Morgan fingerprint density at radius 3 is 2.00 bits per heavy atom. The van der Waals surface area contributed by atoms with Crippen molar-refractivity contribution in [2.24, 2.45) is 0 Å². The summed E-state index contributed by atoms with van der Waals surface area (Å²) in [6.45, 7) is 4.13. The number of halogens is 4. The van der Waals surface area contributed by atoms with Crippen LogP contribution in [0.5, 0.6) is 0 Å². The molecule has 0 bridgehead atoms. The third-order valence-electron chi connectivity index (χ3n) is 3.40. The van der Waals surface area contributed by atoms with Gasteiger partial charge in [-0.05, 0) is 43.2 Å². The number of rotatable bonds is 4. The Kier molecular flexibility index (Phi) is 5.81. The van der Waals surface area contributed by atoms with E-state index < -0.39 is 0 Å². The second-order valence-electron chi connectivity index (χ2n) is 4.93. The number of benzene rings is 2. The minimum absolute atomic E-state index is 0.0398. The van der Waals surface area contributed by atoms with Gasteiger partial charge in [0.25, 0.3) is 0 Å². The quantitative estimate of drug-likeness (QED) is 0.595. The first kappa shape index (κ1) is 16.9. The van der Waals surface area contributed by atoms with Crippen molar-refractivity contribution in [3.05, 3.63) is 67.6 Å². The van der Waals surface area contributed by atoms with E-state index in [-0.39, 0.29) is 12.1 Å². The van der Waals surface area contributed by atoms with Crippen LogP contribution in [0.15, 0.2) is 36.4 Å². The van der Waals surface area contributed by atoms with E-state index in [9.17, 15) is 0 Å². The number of nitrogens with one attached hydrogen (secondary N) is 1. The molecule has 0 saturated heterocycles. The van der Waals surface area contributed by atoms with Gasteiger partial charge in [-0.15, -0.1) is 0 Å². The van der Waals surface area contributed by atoms with E-state index in [0.717, 1.165) is 16.1 Å². The summed E-state index contributed by atoms with van der Waals surface area (Å²) < 4.78 is 0. The molecule has 0 aliphatic rings. The first-order valence-electron chi connectivity index (χ1n) is 6.55. The van der Waals surface area contributed by atoms with E-state index in [1.54, 1.807) is 6.07 Å². The smallest absolute Gasteiger partial charge is 0.0781 e. The van der Waals surface area contributed by atoms with E-state index in [1.807, 2.05) is 37.3 Å². The first-order chi connectivity index (χ1) is 9.90. The zero-order valence-corrected chi connectivity index (χ0v) is 14.7. The van der Waals surface area contributed by atoms with Crippen molar-refractivity contribution in [2.75, 3.05) is 0 Å². The van der Waals surface area contributed by atoms with Crippen LogP contribution in [-0.2, 0) is 0 Å². The molecule has 0 aromatic heterocycles. The molecule has 112 valence electrons. The largest absolute Gasteiger partial charge is 0.304 e. The van der Waals surface area contributed by atoms with Gasteiger partial charge in [-0.3, -0.25) is 0 Å². The molecule has 5 heteroatoms. The fraction of sp³-hybridized carbons (Fsp3) is 0.250. The molecule has 0 amide bonds. The summed E-state index contributed by atoms with van der Waals surface area (Å²) in [4.78, 5) is 0. The lowest BCUT2D eigenvalue weighted by Gasteiger charge is -2.22. The Labute approximate surface area is 145 Å². The third-order valence-corrected chi connectivity index (χ3v) is 4.96. The topological polar surface area (TPSA) is 12.0 Å². The molecule has 0 spiro atoms. The molecule has 0 aliphatic carbocycles. The Hall–Kier alpha value is -0.440. The van der Waals surface area contributed by atoms with Crippen molar-refractivity contribution >= 4 is 46.4 Å². The molecular formula is C16H15Cl4N. The maximum atomic E-state index is 6.27. The zero-order valence-electron chi connectivity index (χ0n) is 11.6. The maximum absolute atomic E-state index is 6.27. The molecule has 2 aromatic rings. The van der Waals surface area contributed by atoms with Crippen LogP contribution >= 0.6 is 46.4 Å². The normalized spacial score (nSPS) is 14.0. The SMILES string of the molecule is CC(N[C@@H](C)c1ccc(Cl)cc1)c1ccc(Cl)c(Cl)c1Cl. The highest BCUT2D eigenvalue weighted by Gasteiger charge is 2.16. The van der Waals surface area contributed by atoms with Gasteiger partial charge in [0, 0.05) is 17.1 Å². The van der Waals surface area contributed by atoms with Gasteiger partial charge in [0.05, 0.1) is 15.1 Å². The van der Waals surface area contributed by atoms with Crippen molar-refractivity contribution in [3.63, 3.8) is 0 Å². The van der Waals surface area contributed by atoms with Crippen LogP contribution in [0.2, 0.25) is 20.1 Å². The summed E-state index contributed by atoms with van der Waals surface area (Å²) in [6, 6.07) is 11.6. The predicted molar refractivity (Wildman–Crippen MR) is 92.9 cm³/mol. The summed E-state index contributed by atoms with van der Waals surface area (Å²) in [7, 11) is 0. The fourth-order valence-electron chi connectivity index (χ4n) is 2.19.